The summed E-state index contributed by atoms with van der Waals surface area (Å²) in [6.45, 7) is 2.59. The largest absolute Gasteiger partial charge is 0.493 e. The standard InChI is InChI=1S/C25H32N4O2.HI/c1-26-25(28-22-13-16-31-23-10-6-5-9-21(22)23)27-18-24(30)29-14-11-20(12-15-29)17-19-7-3-2-4-8-19;/h2-10,20,22H,11-18H2,1H3,(H2,26,27,28);1H. The molecule has 2 aromatic carbocycles. The van der Waals surface area contributed by atoms with Crippen LogP contribution in [0.15, 0.2) is 59.6 Å². The second kappa shape index (κ2) is 12.1. The van der Waals surface area contributed by atoms with E-state index in [1.807, 2.05) is 23.1 Å². The number of rotatable bonds is 5. The second-order valence-electron chi connectivity index (χ2n) is 8.31. The van der Waals surface area contributed by atoms with Gasteiger partial charge in [0.15, 0.2) is 5.96 Å². The Morgan fingerprint density at radius 1 is 1.06 bits per heavy atom. The Bertz CT molecular complexity index is 898. The number of guanidine groups is 1. The van der Waals surface area contributed by atoms with Crippen LogP contribution in [0.4, 0.5) is 0 Å². The lowest BCUT2D eigenvalue weighted by Gasteiger charge is -2.32. The summed E-state index contributed by atoms with van der Waals surface area (Å²) in [4.78, 5) is 19.0. The number of carbonyl (C=O) groups excluding carboxylic acids is 1. The molecule has 2 aromatic rings. The van der Waals surface area contributed by atoms with Gasteiger partial charge in [-0.15, -0.1) is 24.0 Å². The van der Waals surface area contributed by atoms with Gasteiger partial charge in [-0.1, -0.05) is 48.5 Å². The summed E-state index contributed by atoms with van der Waals surface area (Å²) in [5, 5.41) is 6.65. The van der Waals surface area contributed by atoms with Crippen molar-refractivity contribution in [3.63, 3.8) is 0 Å². The van der Waals surface area contributed by atoms with E-state index in [1.54, 1.807) is 7.05 Å². The number of para-hydroxylation sites is 1. The van der Waals surface area contributed by atoms with Crippen molar-refractivity contribution in [3.8, 4) is 5.75 Å². The SMILES string of the molecule is CN=C(NCC(=O)N1CCC(Cc2ccccc2)CC1)NC1CCOc2ccccc21.I. The number of amides is 1. The van der Waals surface area contributed by atoms with E-state index >= 15 is 0 Å². The molecule has 2 aliphatic heterocycles. The smallest absolute Gasteiger partial charge is 0.241 e. The molecule has 0 aromatic heterocycles. The van der Waals surface area contributed by atoms with Crippen molar-refractivity contribution in [2.45, 2.75) is 31.7 Å². The van der Waals surface area contributed by atoms with E-state index in [0.29, 0.717) is 18.5 Å². The number of nitrogens with one attached hydrogen (secondary N) is 2. The second-order valence-corrected chi connectivity index (χ2v) is 8.31. The fourth-order valence-corrected chi connectivity index (χ4v) is 4.46. The zero-order chi connectivity index (χ0) is 21.5. The maximum atomic E-state index is 12.7. The van der Waals surface area contributed by atoms with Gasteiger partial charge in [-0.3, -0.25) is 9.79 Å². The summed E-state index contributed by atoms with van der Waals surface area (Å²) in [5.41, 5.74) is 2.52. The number of nitrogens with zero attached hydrogens (tertiary/aromatic N) is 2. The molecule has 1 unspecified atom stereocenters. The van der Waals surface area contributed by atoms with Gasteiger partial charge in [0.25, 0.3) is 0 Å². The van der Waals surface area contributed by atoms with Gasteiger partial charge in [-0.25, -0.2) is 0 Å². The van der Waals surface area contributed by atoms with E-state index in [0.717, 1.165) is 50.1 Å². The van der Waals surface area contributed by atoms with Gasteiger partial charge in [0.2, 0.25) is 5.91 Å². The highest BCUT2D eigenvalue weighted by atomic mass is 127. The zero-order valence-corrected chi connectivity index (χ0v) is 21.0. The van der Waals surface area contributed by atoms with Crippen LogP contribution in [-0.4, -0.2) is 50.1 Å². The molecule has 2 aliphatic rings. The third kappa shape index (κ3) is 6.37. The number of ether oxygens (including phenoxy) is 1. The first-order valence-electron chi connectivity index (χ1n) is 11.2. The summed E-state index contributed by atoms with van der Waals surface area (Å²) < 4.78 is 5.73. The molecular formula is C25H33IN4O2. The lowest BCUT2D eigenvalue weighted by atomic mass is 9.90. The molecule has 0 aliphatic carbocycles. The summed E-state index contributed by atoms with van der Waals surface area (Å²) in [6.07, 6.45) is 4.09. The van der Waals surface area contributed by atoms with Gasteiger partial charge < -0.3 is 20.3 Å². The quantitative estimate of drug-likeness (QED) is 0.339. The van der Waals surface area contributed by atoms with Crippen LogP contribution in [0.3, 0.4) is 0 Å². The predicted octanol–water partition coefficient (Wildman–Crippen LogP) is 3.77. The number of aliphatic imine (C=N–C) groups is 1. The number of fused-ring (bicyclic) bond motifs is 1. The highest BCUT2D eigenvalue weighted by molar-refractivity contribution is 14.0. The number of carbonyl (C=O) groups is 1. The van der Waals surface area contributed by atoms with Gasteiger partial charge in [-0.2, -0.15) is 0 Å². The lowest BCUT2D eigenvalue weighted by Crippen LogP contribution is -2.47. The first-order valence-corrected chi connectivity index (χ1v) is 11.2. The molecule has 0 spiro atoms. The fraction of sp³-hybridized carbons (Fsp3) is 0.440. The molecule has 1 saturated heterocycles. The van der Waals surface area contributed by atoms with Gasteiger partial charge in [-0.05, 0) is 36.8 Å². The predicted molar refractivity (Wildman–Crippen MR) is 139 cm³/mol. The van der Waals surface area contributed by atoms with E-state index in [9.17, 15) is 4.79 Å². The van der Waals surface area contributed by atoms with E-state index in [-0.39, 0.29) is 42.5 Å². The van der Waals surface area contributed by atoms with Crippen molar-refractivity contribution >= 4 is 35.8 Å². The van der Waals surface area contributed by atoms with Crippen molar-refractivity contribution in [1.29, 1.82) is 0 Å². The van der Waals surface area contributed by atoms with Crippen LogP contribution in [-0.2, 0) is 11.2 Å². The molecule has 1 fully saturated rings. The molecular weight excluding hydrogens is 515 g/mol. The first-order chi connectivity index (χ1) is 15.2. The highest BCUT2D eigenvalue weighted by Crippen LogP contribution is 2.31. The lowest BCUT2D eigenvalue weighted by molar-refractivity contribution is -0.131. The molecule has 32 heavy (non-hydrogen) atoms. The Hall–Kier alpha value is -2.29. The van der Waals surface area contributed by atoms with Crippen molar-refractivity contribution < 1.29 is 9.53 Å². The van der Waals surface area contributed by atoms with Crippen LogP contribution in [0.5, 0.6) is 5.75 Å². The number of halogens is 1. The van der Waals surface area contributed by atoms with Gasteiger partial charge in [0, 0.05) is 32.1 Å². The zero-order valence-electron chi connectivity index (χ0n) is 18.6. The molecule has 172 valence electrons. The van der Waals surface area contributed by atoms with Crippen molar-refractivity contribution in [3.05, 3.63) is 65.7 Å². The average molecular weight is 548 g/mol. The van der Waals surface area contributed by atoms with Crippen molar-refractivity contribution in [2.75, 3.05) is 33.3 Å². The number of benzene rings is 2. The molecule has 0 saturated carbocycles. The Balaban J connectivity index is 0.00000289. The van der Waals surface area contributed by atoms with E-state index in [2.05, 4.69) is 52.0 Å². The normalized spacial score (nSPS) is 18.7. The van der Waals surface area contributed by atoms with Crippen molar-refractivity contribution in [1.82, 2.24) is 15.5 Å². The minimum atomic E-state index is 0. The van der Waals surface area contributed by atoms with Crippen LogP contribution in [0.2, 0.25) is 0 Å². The Kier molecular flexibility index (Phi) is 9.20. The minimum Gasteiger partial charge on any atom is -0.493 e. The monoisotopic (exact) mass is 548 g/mol. The Labute approximate surface area is 207 Å². The minimum absolute atomic E-state index is 0. The molecule has 6 nitrogen and oxygen atoms in total. The summed E-state index contributed by atoms with van der Waals surface area (Å²) in [7, 11) is 1.74. The van der Waals surface area contributed by atoms with E-state index in [1.165, 1.54) is 5.56 Å². The van der Waals surface area contributed by atoms with Crippen LogP contribution in [0.25, 0.3) is 0 Å². The summed E-state index contributed by atoms with van der Waals surface area (Å²) in [5.74, 6) is 2.35. The number of likely N-dealkylation sites (tertiary alicyclic amines) is 1. The van der Waals surface area contributed by atoms with Gasteiger partial charge in [0.05, 0.1) is 19.2 Å². The molecule has 7 heteroatoms. The number of hydrogen-bond donors (Lipinski definition) is 2. The third-order valence-electron chi connectivity index (χ3n) is 6.23. The summed E-state index contributed by atoms with van der Waals surface area (Å²) in [6, 6.07) is 18.8. The first kappa shape index (κ1) is 24.4. The number of hydrogen-bond acceptors (Lipinski definition) is 3. The molecule has 0 bridgehead atoms. The fourth-order valence-electron chi connectivity index (χ4n) is 4.46. The molecule has 2 heterocycles. The van der Waals surface area contributed by atoms with E-state index in [4.69, 9.17) is 4.74 Å². The van der Waals surface area contributed by atoms with Gasteiger partial charge >= 0.3 is 0 Å². The van der Waals surface area contributed by atoms with Crippen LogP contribution >= 0.6 is 24.0 Å². The maximum Gasteiger partial charge on any atom is 0.241 e. The molecule has 1 amide bonds. The molecule has 2 N–H and O–H groups in total. The average Bonchev–Trinajstić information content (AvgIpc) is 2.83. The van der Waals surface area contributed by atoms with E-state index < -0.39 is 0 Å². The number of piperidine rings is 1. The highest BCUT2D eigenvalue weighted by Gasteiger charge is 2.24. The Morgan fingerprint density at radius 2 is 1.78 bits per heavy atom. The molecule has 1 atom stereocenters. The molecule has 4 rings (SSSR count). The third-order valence-corrected chi connectivity index (χ3v) is 6.23. The Morgan fingerprint density at radius 3 is 2.53 bits per heavy atom. The van der Waals surface area contributed by atoms with Crippen molar-refractivity contribution in [2.24, 2.45) is 10.9 Å². The maximum absolute atomic E-state index is 12.7. The van der Waals surface area contributed by atoms with Gasteiger partial charge in [0.1, 0.15) is 5.75 Å². The topological polar surface area (TPSA) is 66.0 Å². The molecule has 0 radical (unpaired) electrons. The summed E-state index contributed by atoms with van der Waals surface area (Å²) >= 11 is 0. The van der Waals surface area contributed by atoms with Crippen LogP contribution in [0, 0.1) is 5.92 Å². The van der Waals surface area contributed by atoms with Crippen LogP contribution in [0.1, 0.15) is 36.4 Å². The van der Waals surface area contributed by atoms with Crippen LogP contribution < -0.4 is 15.4 Å².